The Morgan fingerprint density at radius 2 is 1.85 bits per heavy atom. The zero-order valence-corrected chi connectivity index (χ0v) is 12.3. The molecule has 20 heavy (non-hydrogen) atoms. The molecule has 0 amide bonds. The molecule has 2 aromatic carbocycles. The number of anilines is 1. The van der Waals surface area contributed by atoms with Crippen molar-refractivity contribution in [2.45, 2.75) is 11.4 Å². The van der Waals surface area contributed by atoms with Gasteiger partial charge in [0.2, 0.25) is 0 Å². The number of nitrogens with one attached hydrogen (secondary N) is 1. The zero-order valence-electron chi connectivity index (χ0n) is 11.5. The van der Waals surface area contributed by atoms with E-state index in [4.69, 9.17) is 4.74 Å². The van der Waals surface area contributed by atoms with Gasteiger partial charge in [-0.3, -0.25) is 0 Å². The van der Waals surface area contributed by atoms with E-state index in [9.17, 15) is 8.42 Å². The summed E-state index contributed by atoms with van der Waals surface area (Å²) in [5.74, 6) is 0.778. The van der Waals surface area contributed by atoms with Crippen molar-refractivity contribution in [1.29, 1.82) is 0 Å². The van der Waals surface area contributed by atoms with Gasteiger partial charge in [0.15, 0.2) is 9.84 Å². The summed E-state index contributed by atoms with van der Waals surface area (Å²) >= 11 is 0. The van der Waals surface area contributed by atoms with Crippen molar-refractivity contribution in [2.24, 2.45) is 0 Å². The lowest BCUT2D eigenvalue weighted by atomic mass is 10.2. The summed E-state index contributed by atoms with van der Waals surface area (Å²) in [7, 11) is -1.62. The van der Waals surface area contributed by atoms with E-state index < -0.39 is 9.84 Å². The van der Waals surface area contributed by atoms with E-state index in [1.807, 2.05) is 30.3 Å². The van der Waals surface area contributed by atoms with E-state index >= 15 is 0 Å². The second kappa shape index (κ2) is 5.96. The Hall–Kier alpha value is -2.01. The molecule has 0 atom stereocenters. The number of hydrogen-bond donors (Lipinski definition) is 1. The number of hydrogen-bond acceptors (Lipinski definition) is 4. The van der Waals surface area contributed by atoms with Gasteiger partial charge in [-0.15, -0.1) is 0 Å². The van der Waals surface area contributed by atoms with E-state index in [1.54, 1.807) is 25.3 Å². The first-order valence-electron chi connectivity index (χ1n) is 6.16. The van der Waals surface area contributed by atoms with Crippen molar-refractivity contribution in [3.05, 3.63) is 54.1 Å². The minimum absolute atomic E-state index is 0.308. The molecule has 0 radical (unpaired) electrons. The number of methoxy groups -OCH3 is 1. The van der Waals surface area contributed by atoms with Crippen molar-refractivity contribution in [3.63, 3.8) is 0 Å². The second-order valence-electron chi connectivity index (χ2n) is 4.47. The Kier molecular flexibility index (Phi) is 4.29. The molecular weight excluding hydrogens is 274 g/mol. The molecular formula is C15H17NO3S. The normalized spacial score (nSPS) is 11.1. The number of ether oxygens (including phenoxy) is 1. The van der Waals surface area contributed by atoms with Crippen molar-refractivity contribution in [2.75, 3.05) is 18.7 Å². The molecule has 0 saturated heterocycles. The largest absolute Gasteiger partial charge is 0.497 e. The zero-order chi connectivity index (χ0) is 14.6. The molecule has 0 fully saturated rings. The molecule has 0 bridgehead atoms. The predicted molar refractivity (Wildman–Crippen MR) is 79.9 cm³/mol. The van der Waals surface area contributed by atoms with Crippen molar-refractivity contribution in [3.8, 4) is 5.75 Å². The lowest BCUT2D eigenvalue weighted by Crippen LogP contribution is -2.06. The number of sulfone groups is 1. The standard InChI is InChI=1S/C15H17NO3S/c1-19-13-7-5-6-12(10-13)11-16-14-8-3-4-9-15(14)20(2,17)18/h3-10,16H,11H2,1-2H3. The highest BCUT2D eigenvalue weighted by molar-refractivity contribution is 7.90. The van der Waals surface area contributed by atoms with Crippen LogP contribution in [0.15, 0.2) is 53.4 Å². The van der Waals surface area contributed by atoms with Crippen LogP contribution >= 0.6 is 0 Å². The van der Waals surface area contributed by atoms with Crippen molar-refractivity contribution < 1.29 is 13.2 Å². The maximum Gasteiger partial charge on any atom is 0.177 e. The van der Waals surface area contributed by atoms with Crippen molar-refractivity contribution >= 4 is 15.5 Å². The summed E-state index contributed by atoms with van der Waals surface area (Å²) in [6, 6.07) is 14.5. The summed E-state index contributed by atoms with van der Waals surface area (Å²) in [5, 5.41) is 3.15. The molecule has 2 rings (SSSR count). The fourth-order valence-corrected chi connectivity index (χ4v) is 2.78. The molecule has 2 aromatic rings. The fraction of sp³-hybridized carbons (Fsp3) is 0.200. The van der Waals surface area contributed by atoms with E-state index in [0.29, 0.717) is 17.1 Å². The topological polar surface area (TPSA) is 55.4 Å². The quantitative estimate of drug-likeness (QED) is 0.920. The number of benzene rings is 2. The molecule has 0 spiro atoms. The Morgan fingerprint density at radius 1 is 1.10 bits per heavy atom. The van der Waals surface area contributed by atoms with Gasteiger partial charge in [0.05, 0.1) is 17.7 Å². The summed E-state index contributed by atoms with van der Waals surface area (Å²) in [5.41, 5.74) is 1.63. The average molecular weight is 291 g/mol. The van der Waals surface area contributed by atoms with Gasteiger partial charge in [0, 0.05) is 12.8 Å². The third kappa shape index (κ3) is 3.51. The summed E-state index contributed by atoms with van der Waals surface area (Å²) < 4.78 is 28.6. The Morgan fingerprint density at radius 3 is 2.55 bits per heavy atom. The lowest BCUT2D eigenvalue weighted by Gasteiger charge is -2.11. The Bertz CT molecular complexity index is 696. The summed E-state index contributed by atoms with van der Waals surface area (Å²) in [4.78, 5) is 0.308. The first-order valence-corrected chi connectivity index (χ1v) is 8.06. The summed E-state index contributed by atoms with van der Waals surface area (Å²) in [6.07, 6.45) is 1.21. The van der Waals surface area contributed by atoms with Crippen LogP contribution in [0, 0.1) is 0 Å². The summed E-state index contributed by atoms with van der Waals surface area (Å²) in [6.45, 7) is 0.531. The van der Waals surface area contributed by atoms with Gasteiger partial charge in [-0.25, -0.2) is 8.42 Å². The minimum atomic E-state index is -3.24. The highest BCUT2D eigenvalue weighted by atomic mass is 32.2. The molecule has 0 saturated carbocycles. The van der Waals surface area contributed by atoms with Gasteiger partial charge in [0.25, 0.3) is 0 Å². The van der Waals surface area contributed by atoms with Crippen LogP contribution in [0.4, 0.5) is 5.69 Å². The SMILES string of the molecule is COc1cccc(CNc2ccccc2S(C)(=O)=O)c1. The minimum Gasteiger partial charge on any atom is -0.497 e. The van der Waals surface area contributed by atoms with Gasteiger partial charge < -0.3 is 10.1 Å². The fourth-order valence-electron chi connectivity index (χ4n) is 1.92. The van der Waals surface area contributed by atoms with Gasteiger partial charge in [-0.2, -0.15) is 0 Å². The molecule has 0 unspecified atom stereocenters. The average Bonchev–Trinajstić information content (AvgIpc) is 2.44. The molecule has 0 aromatic heterocycles. The van der Waals surface area contributed by atoms with E-state index in [0.717, 1.165) is 11.3 Å². The highest BCUT2D eigenvalue weighted by Crippen LogP contribution is 2.22. The van der Waals surface area contributed by atoms with Crippen LogP contribution in [0.3, 0.4) is 0 Å². The highest BCUT2D eigenvalue weighted by Gasteiger charge is 2.11. The molecule has 106 valence electrons. The van der Waals surface area contributed by atoms with E-state index in [2.05, 4.69) is 5.32 Å². The lowest BCUT2D eigenvalue weighted by molar-refractivity contribution is 0.414. The van der Waals surface area contributed by atoms with Crippen LogP contribution in [0.25, 0.3) is 0 Å². The van der Waals surface area contributed by atoms with Crippen LogP contribution in [-0.4, -0.2) is 21.8 Å². The van der Waals surface area contributed by atoms with E-state index in [1.165, 1.54) is 6.26 Å². The second-order valence-corrected chi connectivity index (χ2v) is 6.46. The monoisotopic (exact) mass is 291 g/mol. The van der Waals surface area contributed by atoms with Crippen LogP contribution in [0.5, 0.6) is 5.75 Å². The first-order chi connectivity index (χ1) is 9.50. The smallest absolute Gasteiger partial charge is 0.177 e. The molecule has 5 heteroatoms. The van der Waals surface area contributed by atoms with Gasteiger partial charge in [-0.05, 0) is 29.8 Å². The van der Waals surface area contributed by atoms with E-state index in [-0.39, 0.29) is 0 Å². The molecule has 0 heterocycles. The molecule has 0 aliphatic heterocycles. The van der Waals surface area contributed by atoms with Crippen LogP contribution < -0.4 is 10.1 Å². The molecule has 0 aliphatic rings. The predicted octanol–water partition coefficient (Wildman–Crippen LogP) is 2.71. The van der Waals surface area contributed by atoms with Crippen LogP contribution in [0.2, 0.25) is 0 Å². The maximum atomic E-state index is 11.7. The van der Waals surface area contributed by atoms with Crippen molar-refractivity contribution in [1.82, 2.24) is 0 Å². The van der Waals surface area contributed by atoms with Gasteiger partial charge in [-0.1, -0.05) is 24.3 Å². The molecule has 4 nitrogen and oxygen atoms in total. The van der Waals surface area contributed by atoms with Crippen LogP contribution in [0.1, 0.15) is 5.56 Å². The maximum absolute atomic E-state index is 11.7. The van der Waals surface area contributed by atoms with Crippen LogP contribution in [-0.2, 0) is 16.4 Å². The number of para-hydroxylation sites is 1. The first kappa shape index (κ1) is 14.4. The number of rotatable bonds is 5. The van der Waals surface area contributed by atoms with Gasteiger partial charge in [0.1, 0.15) is 5.75 Å². The third-order valence-corrected chi connectivity index (χ3v) is 4.06. The third-order valence-electron chi connectivity index (χ3n) is 2.90. The molecule has 1 N–H and O–H groups in total. The molecule has 0 aliphatic carbocycles. The van der Waals surface area contributed by atoms with Gasteiger partial charge >= 0.3 is 0 Å². The Labute approximate surface area is 119 Å². The Balaban J connectivity index is 2.19.